The van der Waals surface area contributed by atoms with E-state index >= 15 is 0 Å². The molecule has 1 aliphatic rings. The largest absolute Gasteiger partial charge is 0.478 e. The van der Waals surface area contributed by atoms with Crippen LogP contribution in [0.4, 0.5) is 0 Å². The zero-order valence-electron chi connectivity index (χ0n) is 22.3. The first-order valence-corrected chi connectivity index (χ1v) is 14.6. The van der Waals surface area contributed by atoms with Gasteiger partial charge in [-0.2, -0.15) is 0 Å². The first-order chi connectivity index (χ1) is 17.6. The SMILES string of the molecule is CC(=O)NCCCOc1cc(S(=O)(=O)c2ccc3c(c2)nc(C(C)(C)C)n3CC2CCCCC2)ccn1. The van der Waals surface area contributed by atoms with Crippen LogP contribution in [0.25, 0.3) is 11.0 Å². The van der Waals surface area contributed by atoms with Gasteiger partial charge in [-0.25, -0.2) is 18.4 Å². The quantitative estimate of drug-likeness (QED) is 0.392. The first-order valence-electron chi connectivity index (χ1n) is 13.1. The highest BCUT2D eigenvalue weighted by atomic mass is 32.2. The Morgan fingerprint density at radius 1 is 1.11 bits per heavy atom. The number of nitrogens with zero attached hydrogens (tertiary/aromatic N) is 3. The number of imidazole rings is 1. The van der Waals surface area contributed by atoms with Gasteiger partial charge < -0.3 is 14.6 Å². The fourth-order valence-corrected chi connectivity index (χ4v) is 6.23. The van der Waals surface area contributed by atoms with Crippen molar-refractivity contribution in [1.82, 2.24) is 19.9 Å². The maximum absolute atomic E-state index is 13.5. The summed E-state index contributed by atoms with van der Waals surface area (Å²) >= 11 is 0. The summed E-state index contributed by atoms with van der Waals surface area (Å²) in [6, 6.07) is 8.18. The Morgan fingerprint density at radius 3 is 2.54 bits per heavy atom. The highest BCUT2D eigenvalue weighted by Gasteiger charge is 2.27. The van der Waals surface area contributed by atoms with Gasteiger partial charge in [-0.1, -0.05) is 40.0 Å². The predicted octanol–water partition coefficient (Wildman–Crippen LogP) is 5.05. The van der Waals surface area contributed by atoms with Crippen LogP contribution < -0.4 is 10.1 Å². The van der Waals surface area contributed by atoms with Gasteiger partial charge in [-0.15, -0.1) is 0 Å². The molecule has 0 unspecified atom stereocenters. The van der Waals surface area contributed by atoms with Crippen LogP contribution in [0.3, 0.4) is 0 Å². The molecule has 1 amide bonds. The lowest BCUT2D eigenvalue weighted by atomic mass is 9.88. The van der Waals surface area contributed by atoms with Crippen LogP contribution in [0.1, 0.15) is 72.0 Å². The van der Waals surface area contributed by atoms with Crippen LogP contribution in [0, 0.1) is 5.92 Å². The van der Waals surface area contributed by atoms with Crippen molar-refractivity contribution in [2.45, 2.75) is 88.0 Å². The minimum atomic E-state index is -3.79. The number of sulfone groups is 1. The van der Waals surface area contributed by atoms with Crippen LogP contribution in [0.15, 0.2) is 46.3 Å². The molecule has 0 aliphatic heterocycles. The van der Waals surface area contributed by atoms with Crippen LogP contribution in [0.5, 0.6) is 5.88 Å². The van der Waals surface area contributed by atoms with E-state index in [0.29, 0.717) is 31.0 Å². The molecular weight excluding hydrogens is 488 g/mol. The van der Waals surface area contributed by atoms with E-state index in [-0.39, 0.29) is 27.0 Å². The van der Waals surface area contributed by atoms with Gasteiger partial charge in [-0.3, -0.25) is 4.79 Å². The van der Waals surface area contributed by atoms with Crippen LogP contribution in [0.2, 0.25) is 0 Å². The molecule has 1 saturated carbocycles. The molecule has 200 valence electrons. The van der Waals surface area contributed by atoms with Gasteiger partial charge in [-0.05, 0) is 49.4 Å². The van der Waals surface area contributed by atoms with E-state index in [1.165, 1.54) is 57.4 Å². The summed E-state index contributed by atoms with van der Waals surface area (Å²) in [5.41, 5.74) is 1.52. The van der Waals surface area contributed by atoms with E-state index < -0.39 is 9.84 Å². The fourth-order valence-electron chi connectivity index (χ4n) is 4.95. The van der Waals surface area contributed by atoms with Gasteiger partial charge in [0.1, 0.15) is 5.82 Å². The first kappa shape index (κ1) is 27.1. The average Bonchev–Trinajstić information content (AvgIpc) is 3.23. The minimum Gasteiger partial charge on any atom is -0.478 e. The van der Waals surface area contributed by atoms with E-state index in [0.717, 1.165) is 17.9 Å². The third-order valence-corrected chi connectivity index (χ3v) is 8.58. The topological polar surface area (TPSA) is 103 Å². The number of aromatic nitrogens is 3. The molecule has 1 N–H and O–H groups in total. The molecule has 4 rings (SSSR count). The van der Waals surface area contributed by atoms with Crippen molar-refractivity contribution in [3.05, 3.63) is 42.4 Å². The Labute approximate surface area is 219 Å². The summed E-state index contributed by atoms with van der Waals surface area (Å²) in [7, 11) is -3.79. The fraction of sp³-hybridized carbons (Fsp3) is 0.536. The predicted molar refractivity (Wildman–Crippen MR) is 143 cm³/mol. The van der Waals surface area contributed by atoms with Crippen molar-refractivity contribution in [2.75, 3.05) is 13.2 Å². The second kappa shape index (κ2) is 11.2. The number of rotatable bonds is 9. The molecule has 1 fully saturated rings. The van der Waals surface area contributed by atoms with Crippen molar-refractivity contribution < 1.29 is 17.9 Å². The summed E-state index contributed by atoms with van der Waals surface area (Å²) in [5, 5.41) is 2.70. The van der Waals surface area contributed by atoms with E-state index in [4.69, 9.17) is 9.72 Å². The molecule has 37 heavy (non-hydrogen) atoms. The number of benzene rings is 1. The van der Waals surface area contributed by atoms with Gasteiger partial charge in [0.25, 0.3) is 0 Å². The lowest BCUT2D eigenvalue weighted by molar-refractivity contribution is -0.118. The van der Waals surface area contributed by atoms with Gasteiger partial charge >= 0.3 is 0 Å². The Balaban J connectivity index is 1.59. The van der Waals surface area contributed by atoms with Gasteiger partial charge in [0.15, 0.2) is 0 Å². The van der Waals surface area contributed by atoms with E-state index in [1.807, 2.05) is 6.07 Å². The third-order valence-electron chi connectivity index (χ3n) is 6.83. The Hall–Kier alpha value is -2.94. The second-order valence-electron chi connectivity index (χ2n) is 11.0. The lowest BCUT2D eigenvalue weighted by Gasteiger charge is -2.26. The van der Waals surface area contributed by atoms with Crippen molar-refractivity contribution in [1.29, 1.82) is 0 Å². The number of carbonyl (C=O) groups is 1. The normalized spacial score (nSPS) is 15.1. The molecule has 2 aromatic heterocycles. The number of pyridine rings is 1. The number of amides is 1. The number of fused-ring (bicyclic) bond motifs is 1. The van der Waals surface area contributed by atoms with Crippen molar-refractivity contribution in [2.24, 2.45) is 5.92 Å². The minimum absolute atomic E-state index is 0.100. The number of hydrogen-bond donors (Lipinski definition) is 1. The maximum atomic E-state index is 13.5. The van der Waals surface area contributed by atoms with Gasteiger partial charge in [0.05, 0.1) is 27.4 Å². The zero-order valence-corrected chi connectivity index (χ0v) is 23.1. The average molecular weight is 527 g/mol. The van der Waals surface area contributed by atoms with Crippen molar-refractivity contribution in [3.8, 4) is 5.88 Å². The van der Waals surface area contributed by atoms with Crippen LogP contribution >= 0.6 is 0 Å². The molecule has 8 nitrogen and oxygen atoms in total. The smallest absolute Gasteiger partial charge is 0.216 e. The molecule has 0 atom stereocenters. The van der Waals surface area contributed by atoms with Gasteiger partial charge in [0.2, 0.25) is 21.6 Å². The molecule has 1 aromatic carbocycles. The maximum Gasteiger partial charge on any atom is 0.216 e. The summed E-state index contributed by atoms with van der Waals surface area (Å²) in [5.74, 6) is 1.75. The number of carbonyl (C=O) groups excluding carboxylic acids is 1. The molecule has 3 aromatic rings. The summed E-state index contributed by atoms with van der Waals surface area (Å²) < 4.78 is 35.0. The van der Waals surface area contributed by atoms with Crippen molar-refractivity contribution in [3.63, 3.8) is 0 Å². The van der Waals surface area contributed by atoms with Gasteiger partial charge in [0, 0.05) is 37.7 Å². The third kappa shape index (κ3) is 6.50. The van der Waals surface area contributed by atoms with E-state index in [2.05, 4.69) is 35.6 Å². The van der Waals surface area contributed by atoms with Crippen LogP contribution in [-0.2, 0) is 26.6 Å². The van der Waals surface area contributed by atoms with E-state index in [9.17, 15) is 13.2 Å². The Kier molecular flexibility index (Phi) is 8.21. The monoisotopic (exact) mass is 526 g/mol. The Bertz CT molecular complexity index is 1350. The molecule has 0 spiro atoms. The van der Waals surface area contributed by atoms with Crippen molar-refractivity contribution >= 4 is 26.8 Å². The molecule has 2 heterocycles. The molecule has 0 radical (unpaired) electrons. The van der Waals surface area contributed by atoms with Crippen LogP contribution in [-0.4, -0.2) is 42.0 Å². The number of nitrogens with one attached hydrogen (secondary N) is 1. The number of hydrogen-bond acceptors (Lipinski definition) is 6. The molecular formula is C28H38N4O4S. The summed E-state index contributed by atoms with van der Waals surface area (Å²) in [4.78, 5) is 20.4. The number of ether oxygens (including phenoxy) is 1. The Morgan fingerprint density at radius 2 is 1.84 bits per heavy atom. The molecule has 1 aliphatic carbocycles. The standard InChI is InChI=1S/C28H38N4O4S/c1-20(33)29-14-8-16-36-26-18-23(13-15-30-26)37(34,35)22-11-12-25-24(17-22)31-27(28(2,3)4)32(25)19-21-9-6-5-7-10-21/h11-13,15,17-18,21H,5-10,14,16,19H2,1-4H3,(H,29,33). The summed E-state index contributed by atoms with van der Waals surface area (Å²) in [6.07, 6.45) is 8.35. The molecule has 9 heteroatoms. The van der Waals surface area contributed by atoms with E-state index in [1.54, 1.807) is 12.1 Å². The lowest BCUT2D eigenvalue weighted by Crippen LogP contribution is -2.22. The molecule has 0 saturated heterocycles. The highest BCUT2D eigenvalue weighted by Crippen LogP contribution is 2.33. The zero-order chi connectivity index (χ0) is 26.6. The molecule has 0 bridgehead atoms. The summed E-state index contributed by atoms with van der Waals surface area (Å²) in [6.45, 7) is 9.63. The second-order valence-corrected chi connectivity index (χ2v) is 12.9. The highest BCUT2D eigenvalue weighted by molar-refractivity contribution is 7.91.